The minimum atomic E-state index is 0.492. The van der Waals surface area contributed by atoms with Crippen molar-refractivity contribution < 1.29 is 4.74 Å². The molecule has 1 aliphatic heterocycles. The van der Waals surface area contributed by atoms with Crippen LogP contribution >= 0.6 is 0 Å². The molecular formula is C16H22N2O. The third-order valence-corrected chi connectivity index (χ3v) is 3.68. The summed E-state index contributed by atoms with van der Waals surface area (Å²) in [5.41, 5.74) is 2.71. The molecule has 0 radical (unpaired) electrons. The highest BCUT2D eigenvalue weighted by atomic mass is 16.5. The van der Waals surface area contributed by atoms with E-state index in [0.717, 1.165) is 38.3 Å². The lowest BCUT2D eigenvalue weighted by Gasteiger charge is -2.25. The Bertz CT molecular complexity index is 462. The van der Waals surface area contributed by atoms with Gasteiger partial charge < -0.3 is 4.74 Å². The molecule has 2 rings (SSSR count). The van der Waals surface area contributed by atoms with E-state index in [-0.39, 0.29) is 0 Å². The third-order valence-electron chi connectivity index (χ3n) is 3.68. The van der Waals surface area contributed by atoms with Crippen LogP contribution in [0.2, 0.25) is 0 Å². The van der Waals surface area contributed by atoms with Gasteiger partial charge in [0.05, 0.1) is 12.7 Å². The molecule has 1 aliphatic rings. The van der Waals surface area contributed by atoms with E-state index < -0.39 is 0 Å². The molecule has 102 valence electrons. The minimum Gasteiger partial charge on any atom is -0.493 e. The molecule has 1 heterocycles. The first-order chi connectivity index (χ1) is 9.20. The molecule has 3 heteroatoms. The number of fused-ring (bicyclic) bond motifs is 1. The summed E-state index contributed by atoms with van der Waals surface area (Å²) in [6, 6.07) is 9.24. The number of ether oxygens (including phenoxy) is 1. The van der Waals surface area contributed by atoms with Crippen LogP contribution in [-0.2, 0) is 12.8 Å². The molecule has 0 aromatic heterocycles. The number of benzene rings is 1. The maximum Gasteiger partial charge on any atom is 0.122 e. The van der Waals surface area contributed by atoms with E-state index in [9.17, 15) is 0 Å². The third kappa shape index (κ3) is 3.71. The van der Waals surface area contributed by atoms with Gasteiger partial charge in [0.1, 0.15) is 5.75 Å². The molecule has 0 spiro atoms. The van der Waals surface area contributed by atoms with E-state index in [2.05, 4.69) is 43.0 Å². The second-order valence-electron chi connectivity index (χ2n) is 5.33. The normalized spacial score (nSPS) is 13.4. The van der Waals surface area contributed by atoms with Gasteiger partial charge >= 0.3 is 0 Å². The SMILES string of the molecule is CC(C)N(CCC#N)CCc1ccc2c(c1)CCO2. The lowest BCUT2D eigenvalue weighted by molar-refractivity contribution is 0.229. The lowest BCUT2D eigenvalue weighted by Crippen LogP contribution is -2.33. The molecule has 0 unspecified atom stereocenters. The molecule has 0 atom stereocenters. The first-order valence-corrected chi connectivity index (χ1v) is 7.06. The summed E-state index contributed by atoms with van der Waals surface area (Å²) in [5, 5.41) is 8.70. The molecule has 1 aromatic rings. The van der Waals surface area contributed by atoms with E-state index in [1.165, 1.54) is 11.1 Å². The summed E-state index contributed by atoms with van der Waals surface area (Å²) in [7, 11) is 0. The quantitative estimate of drug-likeness (QED) is 0.787. The molecule has 0 saturated carbocycles. The molecular weight excluding hydrogens is 236 g/mol. The van der Waals surface area contributed by atoms with Gasteiger partial charge in [-0.05, 0) is 37.5 Å². The number of hydrogen-bond acceptors (Lipinski definition) is 3. The van der Waals surface area contributed by atoms with Crippen molar-refractivity contribution in [1.29, 1.82) is 5.26 Å². The van der Waals surface area contributed by atoms with Gasteiger partial charge in [-0.25, -0.2) is 0 Å². The zero-order valence-electron chi connectivity index (χ0n) is 11.9. The topological polar surface area (TPSA) is 36.3 Å². The van der Waals surface area contributed by atoms with Gasteiger partial charge in [-0.3, -0.25) is 4.90 Å². The van der Waals surface area contributed by atoms with Crippen molar-refractivity contribution in [3.8, 4) is 11.8 Å². The second-order valence-corrected chi connectivity index (χ2v) is 5.33. The van der Waals surface area contributed by atoms with Crippen molar-refractivity contribution in [1.82, 2.24) is 4.90 Å². The van der Waals surface area contributed by atoms with Crippen LogP contribution in [0.25, 0.3) is 0 Å². The van der Waals surface area contributed by atoms with Crippen LogP contribution in [-0.4, -0.2) is 30.6 Å². The summed E-state index contributed by atoms with van der Waals surface area (Å²) < 4.78 is 5.52. The first kappa shape index (κ1) is 13.9. The summed E-state index contributed by atoms with van der Waals surface area (Å²) in [5.74, 6) is 1.05. The fourth-order valence-electron chi connectivity index (χ4n) is 2.49. The predicted octanol–water partition coefficient (Wildman–Crippen LogP) is 2.79. The standard InChI is InChI=1S/C16H22N2O/c1-13(2)18(9-3-8-17)10-6-14-4-5-16-15(12-14)7-11-19-16/h4-5,12-13H,3,6-7,9-11H2,1-2H3. The molecule has 3 nitrogen and oxygen atoms in total. The van der Waals surface area contributed by atoms with E-state index in [1.807, 2.05) is 0 Å². The van der Waals surface area contributed by atoms with Crippen LogP contribution in [0.5, 0.6) is 5.75 Å². The van der Waals surface area contributed by atoms with Crippen LogP contribution in [0.15, 0.2) is 18.2 Å². The molecule has 0 bridgehead atoms. The Kier molecular flexibility index (Phi) is 4.81. The van der Waals surface area contributed by atoms with Gasteiger partial charge in [0.15, 0.2) is 0 Å². The first-order valence-electron chi connectivity index (χ1n) is 7.06. The van der Waals surface area contributed by atoms with Gasteiger partial charge in [0.25, 0.3) is 0 Å². The van der Waals surface area contributed by atoms with Crippen LogP contribution in [0.3, 0.4) is 0 Å². The fraction of sp³-hybridized carbons (Fsp3) is 0.562. The summed E-state index contributed by atoms with van der Waals surface area (Å²) in [4.78, 5) is 2.37. The van der Waals surface area contributed by atoms with Crippen LogP contribution in [0.4, 0.5) is 0 Å². The number of nitriles is 1. The maximum absolute atomic E-state index is 8.70. The number of nitrogens with zero attached hydrogens (tertiary/aromatic N) is 2. The smallest absolute Gasteiger partial charge is 0.122 e. The van der Waals surface area contributed by atoms with Crippen molar-refractivity contribution in [3.63, 3.8) is 0 Å². The number of rotatable bonds is 6. The van der Waals surface area contributed by atoms with Crippen molar-refractivity contribution in [3.05, 3.63) is 29.3 Å². The van der Waals surface area contributed by atoms with Gasteiger partial charge in [0, 0.05) is 32.0 Å². The summed E-state index contributed by atoms with van der Waals surface area (Å²) >= 11 is 0. The average molecular weight is 258 g/mol. The highest BCUT2D eigenvalue weighted by Crippen LogP contribution is 2.26. The minimum absolute atomic E-state index is 0.492. The maximum atomic E-state index is 8.70. The molecule has 0 amide bonds. The van der Waals surface area contributed by atoms with Crippen LogP contribution in [0, 0.1) is 11.3 Å². The highest BCUT2D eigenvalue weighted by molar-refractivity contribution is 5.39. The van der Waals surface area contributed by atoms with E-state index in [4.69, 9.17) is 10.00 Å². The summed E-state index contributed by atoms with van der Waals surface area (Å²) in [6.45, 7) is 7.07. The van der Waals surface area contributed by atoms with Gasteiger partial charge in [0.2, 0.25) is 0 Å². The Hall–Kier alpha value is -1.53. The zero-order valence-corrected chi connectivity index (χ0v) is 11.9. The van der Waals surface area contributed by atoms with Crippen molar-refractivity contribution in [2.24, 2.45) is 0 Å². The van der Waals surface area contributed by atoms with E-state index in [0.29, 0.717) is 12.5 Å². The van der Waals surface area contributed by atoms with Gasteiger partial charge in [-0.15, -0.1) is 0 Å². The van der Waals surface area contributed by atoms with Crippen LogP contribution in [0.1, 0.15) is 31.4 Å². The van der Waals surface area contributed by atoms with E-state index >= 15 is 0 Å². The molecule has 0 aliphatic carbocycles. The Balaban J connectivity index is 1.91. The van der Waals surface area contributed by atoms with Crippen LogP contribution < -0.4 is 4.74 Å². The lowest BCUT2D eigenvalue weighted by atomic mass is 10.1. The number of hydrogen-bond donors (Lipinski definition) is 0. The molecule has 1 aromatic carbocycles. The van der Waals surface area contributed by atoms with Gasteiger partial charge in [-0.1, -0.05) is 12.1 Å². The van der Waals surface area contributed by atoms with Crippen molar-refractivity contribution >= 4 is 0 Å². The largest absolute Gasteiger partial charge is 0.493 e. The Morgan fingerprint density at radius 1 is 1.37 bits per heavy atom. The monoisotopic (exact) mass is 258 g/mol. The van der Waals surface area contributed by atoms with Crippen molar-refractivity contribution in [2.75, 3.05) is 19.7 Å². The molecule has 0 fully saturated rings. The Labute approximate surface area is 115 Å². The molecule has 0 N–H and O–H groups in total. The predicted molar refractivity (Wildman–Crippen MR) is 76.3 cm³/mol. The Morgan fingerprint density at radius 3 is 2.95 bits per heavy atom. The fourth-order valence-corrected chi connectivity index (χ4v) is 2.49. The molecule has 19 heavy (non-hydrogen) atoms. The summed E-state index contributed by atoms with van der Waals surface area (Å²) in [6.07, 6.45) is 2.68. The highest BCUT2D eigenvalue weighted by Gasteiger charge is 2.13. The second kappa shape index (κ2) is 6.58. The average Bonchev–Trinajstić information content (AvgIpc) is 2.85. The zero-order chi connectivity index (χ0) is 13.7. The van der Waals surface area contributed by atoms with Crippen molar-refractivity contribution in [2.45, 2.75) is 39.2 Å². The van der Waals surface area contributed by atoms with Gasteiger partial charge in [-0.2, -0.15) is 5.26 Å². The Morgan fingerprint density at radius 2 is 2.21 bits per heavy atom. The van der Waals surface area contributed by atoms with E-state index in [1.54, 1.807) is 0 Å². The molecule has 0 saturated heterocycles.